The Balaban J connectivity index is 3.43. The molecule has 0 aromatic carbocycles. The largest absolute Gasteiger partial charge is 0.379 e. The summed E-state index contributed by atoms with van der Waals surface area (Å²) in [6, 6.07) is 0.483. The molecule has 156 valence electrons. The highest BCUT2D eigenvalue weighted by Crippen LogP contribution is 2.17. The lowest BCUT2D eigenvalue weighted by molar-refractivity contribution is -0.120. The van der Waals surface area contributed by atoms with Crippen LogP contribution in [0.5, 0.6) is 0 Å². The van der Waals surface area contributed by atoms with Crippen LogP contribution in [0.2, 0.25) is 0 Å². The summed E-state index contributed by atoms with van der Waals surface area (Å²) in [5.41, 5.74) is -0.966. The van der Waals surface area contributed by atoms with Gasteiger partial charge in [0.05, 0.1) is 45.2 Å². The molecule has 0 rings (SSSR count). The first-order valence-corrected chi connectivity index (χ1v) is 9.37. The average Bonchev–Trinajstić information content (AvgIpc) is 2.56. The van der Waals surface area contributed by atoms with Gasteiger partial charge in [-0.25, -0.2) is 4.39 Å². The lowest BCUT2D eigenvalue weighted by atomic mass is 10.0. The van der Waals surface area contributed by atoms with Crippen molar-refractivity contribution in [2.24, 2.45) is 0 Å². The third kappa shape index (κ3) is 15.5. The fraction of sp³-hybridized carbons (Fsp3) is 0.944. The molecule has 7 nitrogen and oxygen atoms in total. The molecule has 0 radical (unpaired) electrons. The van der Waals surface area contributed by atoms with E-state index in [9.17, 15) is 9.18 Å². The number of alkyl halides is 1. The second-order valence-corrected chi connectivity index (χ2v) is 6.94. The molecule has 0 aliphatic carbocycles. The molecule has 0 bridgehead atoms. The van der Waals surface area contributed by atoms with Gasteiger partial charge in [0.1, 0.15) is 6.17 Å². The van der Waals surface area contributed by atoms with E-state index >= 15 is 0 Å². The maximum Gasteiger partial charge on any atom is 0.216 e. The standard InChI is InChI=1S/C18H38FN3O4/c1-15(2)21-8-11-24-9-6-20-7-10-25-12-13-26-18(4,5)17(19)14-22-16(3)23/h15,17,20-21H,6-14H2,1-5H3,(H,22,23). The number of halogens is 1. The summed E-state index contributed by atoms with van der Waals surface area (Å²) in [5.74, 6) is -0.253. The summed E-state index contributed by atoms with van der Waals surface area (Å²) in [4.78, 5) is 10.8. The monoisotopic (exact) mass is 379 g/mol. The summed E-state index contributed by atoms with van der Waals surface area (Å²) in [7, 11) is 0. The molecule has 0 aromatic heterocycles. The van der Waals surface area contributed by atoms with Crippen LogP contribution in [-0.4, -0.2) is 82.9 Å². The van der Waals surface area contributed by atoms with Crippen molar-refractivity contribution in [3.05, 3.63) is 0 Å². The van der Waals surface area contributed by atoms with Gasteiger partial charge in [0.2, 0.25) is 5.91 Å². The minimum Gasteiger partial charge on any atom is -0.379 e. The first-order valence-electron chi connectivity index (χ1n) is 9.37. The number of nitrogens with one attached hydrogen (secondary N) is 3. The summed E-state index contributed by atoms with van der Waals surface area (Å²) in [6.45, 7) is 13.9. The van der Waals surface area contributed by atoms with Crippen LogP contribution < -0.4 is 16.0 Å². The van der Waals surface area contributed by atoms with E-state index in [1.165, 1.54) is 6.92 Å². The average molecular weight is 380 g/mol. The fourth-order valence-electron chi connectivity index (χ4n) is 1.97. The number of amides is 1. The van der Waals surface area contributed by atoms with E-state index in [0.717, 1.165) is 19.6 Å². The molecule has 0 spiro atoms. The van der Waals surface area contributed by atoms with E-state index in [-0.39, 0.29) is 12.5 Å². The second kappa shape index (κ2) is 15.3. The molecule has 0 fully saturated rings. The van der Waals surface area contributed by atoms with E-state index in [4.69, 9.17) is 14.2 Å². The molecule has 0 aliphatic heterocycles. The van der Waals surface area contributed by atoms with Crippen LogP contribution in [0.15, 0.2) is 0 Å². The van der Waals surface area contributed by atoms with Crippen LogP contribution in [0, 0.1) is 0 Å². The Hall–Kier alpha value is -0.800. The van der Waals surface area contributed by atoms with Gasteiger partial charge < -0.3 is 30.2 Å². The SMILES string of the molecule is CC(=O)NCC(F)C(C)(C)OCCOCCNCCOCCNC(C)C. The molecule has 1 atom stereocenters. The molecule has 8 heteroatoms. The third-order valence-corrected chi connectivity index (χ3v) is 3.63. The number of hydrogen-bond acceptors (Lipinski definition) is 6. The van der Waals surface area contributed by atoms with Crippen molar-refractivity contribution >= 4 is 5.91 Å². The van der Waals surface area contributed by atoms with Crippen molar-refractivity contribution in [1.29, 1.82) is 0 Å². The lowest BCUT2D eigenvalue weighted by Gasteiger charge is -2.29. The molecule has 1 unspecified atom stereocenters. The fourth-order valence-corrected chi connectivity index (χ4v) is 1.97. The van der Waals surface area contributed by atoms with Crippen LogP contribution in [-0.2, 0) is 19.0 Å². The maximum atomic E-state index is 14.0. The van der Waals surface area contributed by atoms with Gasteiger partial charge >= 0.3 is 0 Å². The van der Waals surface area contributed by atoms with E-state index < -0.39 is 11.8 Å². The Kier molecular flexibility index (Phi) is 14.8. The zero-order chi connectivity index (χ0) is 19.8. The van der Waals surface area contributed by atoms with Crippen LogP contribution in [0.25, 0.3) is 0 Å². The Morgan fingerprint density at radius 3 is 2.15 bits per heavy atom. The number of carbonyl (C=O) groups excluding carboxylic acids is 1. The van der Waals surface area contributed by atoms with Gasteiger partial charge in [-0.3, -0.25) is 4.79 Å². The number of hydrogen-bond donors (Lipinski definition) is 3. The number of carbonyl (C=O) groups is 1. The van der Waals surface area contributed by atoms with Gasteiger partial charge in [-0.1, -0.05) is 13.8 Å². The molecular formula is C18H38FN3O4. The van der Waals surface area contributed by atoms with Crippen molar-refractivity contribution in [2.45, 2.75) is 52.4 Å². The first kappa shape index (κ1) is 25.2. The quantitative estimate of drug-likeness (QED) is 0.326. The van der Waals surface area contributed by atoms with E-state index in [1.54, 1.807) is 13.8 Å². The smallest absolute Gasteiger partial charge is 0.216 e. The minimum atomic E-state index is -1.27. The third-order valence-electron chi connectivity index (χ3n) is 3.63. The van der Waals surface area contributed by atoms with Crippen molar-refractivity contribution in [3.8, 4) is 0 Å². The van der Waals surface area contributed by atoms with Crippen molar-refractivity contribution in [1.82, 2.24) is 16.0 Å². The molecule has 0 heterocycles. The van der Waals surface area contributed by atoms with Crippen molar-refractivity contribution < 1.29 is 23.4 Å². The molecule has 26 heavy (non-hydrogen) atoms. The molecule has 0 aromatic rings. The van der Waals surface area contributed by atoms with Gasteiger partial charge in [-0.05, 0) is 13.8 Å². The minimum absolute atomic E-state index is 0.0529. The van der Waals surface area contributed by atoms with Crippen LogP contribution >= 0.6 is 0 Å². The van der Waals surface area contributed by atoms with Crippen LogP contribution in [0.1, 0.15) is 34.6 Å². The summed E-state index contributed by atoms with van der Waals surface area (Å²) >= 11 is 0. The van der Waals surface area contributed by atoms with Gasteiger partial charge in [-0.2, -0.15) is 0 Å². The van der Waals surface area contributed by atoms with Gasteiger partial charge in [0.15, 0.2) is 0 Å². The predicted molar refractivity (Wildman–Crippen MR) is 101 cm³/mol. The first-order chi connectivity index (χ1) is 12.3. The van der Waals surface area contributed by atoms with E-state index in [2.05, 4.69) is 29.8 Å². The molecule has 0 aliphatic rings. The molecular weight excluding hydrogens is 341 g/mol. The molecule has 1 amide bonds. The zero-order valence-electron chi connectivity index (χ0n) is 17.0. The molecule has 0 saturated carbocycles. The predicted octanol–water partition coefficient (Wildman–Crippen LogP) is 0.877. The van der Waals surface area contributed by atoms with Gasteiger partial charge in [-0.15, -0.1) is 0 Å². The maximum absolute atomic E-state index is 14.0. The highest BCUT2D eigenvalue weighted by Gasteiger charge is 2.30. The second-order valence-electron chi connectivity index (χ2n) is 6.94. The van der Waals surface area contributed by atoms with Gasteiger partial charge in [0.25, 0.3) is 0 Å². The van der Waals surface area contributed by atoms with E-state index in [1.807, 2.05) is 0 Å². The Bertz CT molecular complexity index is 357. The summed E-state index contributed by atoms with van der Waals surface area (Å²) < 4.78 is 30.4. The van der Waals surface area contributed by atoms with E-state index in [0.29, 0.717) is 39.1 Å². The van der Waals surface area contributed by atoms with Crippen molar-refractivity contribution in [3.63, 3.8) is 0 Å². The summed E-state index contributed by atoms with van der Waals surface area (Å²) in [6.07, 6.45) is -1.27. The van der Waals surface area contributed by atoms with Crippen LogP contribution in [0.3, 0.4) is 0 Å². The Morgan fingerprint density at radius 1 is 1.00 bits per heavy atom. The number of rotatable bonds is 17. The molecule has 3 N–H and O–H groups in total. The Labute approximate surface area is 157 Å². The Morgan fingerprint density at radius 2 is 1.58 bits per heavy atom. The van der Waals surface area contributed by atoms with Gasteiger partial charge in [0, 0.05) is 32.6 Å². The highest BCUT2D eigenvalue weighted by atomic mass is 19.1. The zero-order valence-corrected chi connectivity index (χ0v) is 17.0. The molecule has 0 saturated heterocycles. The highest BCUT2D eigenvalue weighted by molar-refractivity contribution is 5.72. The lowest BCUT2D eigenvalue weighted by Crippen LogP contribution is -2.44. The topological polar surface area (TPSA) is 80.9 Å². The normalized spacial score (nSPS) is 13.2. The van der Waals surface area contributed by atoms with Crippen molar-refractivity contribution in [2.75, 3.05) is 59.2 Å². The number of ether oxygens (including phenoxy) is 3. The summed E-state index contributed by atoms with van der Waals surface area (Å²) in [5, 5.41) is 8.97. The van der Waals surface area contributed by atoms with Crippen LogP contribution in [0.4, 0.5) is 4.39 Å².